The van der Waals surface area contributed by atoms with Crippen molar-refractivity contribution in [2.45, 2.75) is 78.3 Å². The zero-order valence-electron chi connectivity index (χ0n) is 14.0. The standard InChI is InChI=1S/C16H30N2O3/c1-15(2,3)11-16(4,5)17-14(21)18-9-7-6-8-12(18)10-13(19)20/h12H,6-11H2,1-5H3,(H,17,21)(H,19,20). The molecule has 1 rings (SSSR count). The number of likely N-dealkylation sites (tertiary alicyclic amines) is 1. The van der Waals surface area contributed by atoms with Gasteiger partial charge in [-0.1, -0.05) is 20.8 Å². The predicted molar refractivity (Wildman–Crippen MR) is 83.3 cm³/mol. The fraction of sp³-hybridized carbons (Fsp3) is 0.875. The first kappa shape index (κ1) is 17.8. The van der Waals surface area contributed by atoms with Crippen LogP contribution in [0.25, 0.3) is 0 Å². The summed E-state index contributed by atoms with van der Waals surface area (Å²) in [4.78, 5) is 25.2. The van der Waals surface area contributed by atoms with E-state index in [1.807, 2.05) is 13.8 Å². The molecule has 1 atom stereocenters. The van der Waals surface area contributed by atoms with E-state index in [2.05, 4.69) is 26.1 Å². The van der Waals surface area contributed by atoms with Crippen molar-refractivity contribution in [2.24, 2.45) is 5.41 Å². The van der Waals surface area contributed by atoms with Crippen molar-refractivity contribution in [3.05, 3.63) is 0 Å². The summed E-state index contributed by atoms with van der Waals surface area (Å²) in [6.45, 7) is 11.1. The highest BCUT2D eigenvalue weighted by atomic mass is 16.4. The van der Waals surface area contributed by atoms with Gasteiger partial charge in [0.15, 0.2) is 0 Å². The summed E-state index contributed by atoms with van der Waals surface area (Å²) in [5, 5.41) is 12.1. The third-order valence-electron chi connectivity index (χ3n) is 3.72. The highest BCUT2D eigenvalue weighted by molar-refractivity contribution is 5.76. The molecule has 1 heterocycles. The quantitative estimate of drug-likeness (QED) is 0.837. The number of aliphatic carboxylic acids is 1. The number of carboxylic acids is 1. The molecule has 0 aromatic carbocycles. The highest BCUT2D eigenvalue weighted by Gasteiger charge is 2.33. The summed E-state index contributed by atoms with van der Waals surface area (Å²) in [6, 6.07) is -0.308. The molecule has 0 saturated carbocycles. The molecule has 1 saturated heterocycles. The van der Waals surface area contributed by atoms with Gasteiger partial charge in [-0.2, -0.15) is 0 Å². The van der Waals surface area contributed by atoms with E-state index in [1.54, 1.807) is 4.90 Å². The number of carbonyl (C=O) groups excluding carboxylic acids is 1. The fourth-order valence-electron chi connectivity index (χ4n) is 3.41. The minimum absolute atomic E-state index is 0.0348. The van der Waals surface area contributed by atoms with Crippen LogP contribution >= 0.6 is 0 Å². The van der Waals surface area contributed by atoms with E-state index >= 15 is 0 Å². The number of rotatable bonds is 4. The third-order valence-corrected chi connectivity index (χ3v) is 3.72. The first-order valence-electron chi connectivity index (χ1n) is 7.81. The zero-order valence-corrected chi connectivity index (χ0v) is 14.0. The molecule has 0 aliphatic carbocycles. The number of carbonyl (C=O) groups is 2. The van der Waals surface area contributed by atoms with Crippen LogP contribution in [0.5, 0.6) is 0 Å². The average molecular weight is 298 g/mol. The van der Waals surface area contributed by atoms with Gasteiger partial charge in [-0.15, -0.1) is 0 Å². The van der Waals surface area contributed by atoms with Crippen LogP contribution in [0.4, 0.5) is 4.79 Å². The zero-order chi connectivity index (χ0) is 16.3. The van der Waals surface area contributed by atoms with Crippen molar-refractivity contribution in [1.82, 2.24) is 10.2 Å². The Morgan fingerprint density at radius 3 is 2.33 bits per heavy atom. The number of hydrogen-bond donors (Lipinski definition) is 2. The lowest BCUT2D eigenvalue weighted by Gasteiger charge is -2.39. The molecule has 0 radical (unpaired) electrons. The highest BCUT2D eigenvalue weighted by Crippen LogP contribution is 2.27. The number of urea groups is 1. The van der Waals surface area contributed by atoms with Crippen molar-refractivity contribution in [3.8, 4) is 0 Å². The van der Waals surface area contributed by atoms with Crippen molar-refractivity contribution in [3.63, 3.8) is 0 Å². The van der Waals surface area contributed by atoms with Crippen LogP contribution in [0, 0.1) is 5.41 Å². The van der Waals surface area contributed by atoms with Crippen molar-refractivity contribution >= 4 is 12.0 Å². The first-order chi connectivity index (χ1) is 9.50. The Hall–Kier alpha value is -1.26. The van der Waals surface area contributed by atoms with Crippen LogP contribution in [0.3, 0.4) is 0 Å². The molecule has 1 fully saturated rings. The maximum Gasteiger partial charge on any atom is 0.318 e. The molecule has 5 nitrogen and oxygen atoms in total. The Morgan fingerprint density at radius 1 is 1.19 bits per heavy atom. The molecule has 2 amide bonds. The van der Waals surface area contributed by atoms with E-state index in [0.29, 0.717) is 6.54 Å². The molecule has 1 unspecified atom stereocenters. The fourth-order valence-corrected chi connectivity index (χ4v) is 3.41. The molecule has 21 heavy (non-hydrogen) atoms. The number of hydrogen-bond acceptors (Lipinski definition) is 2. The van der Waals surface area contributed by atoms with Crippen molar-refractivity contribution in [2.75, 3.05) is 6.54 Å². The lowest BCUT2D eigenvalue weighted by Crippen LogP contribution is -2.55. The van der Waals surface area contributed by atoms with Crippen molar-refractivity contribution < 1.29 is 14.7 Å². The summed E-state index contributed by atoms with van der Waals surface area (Å²) in [5.41, 5.74) is -0.181. The van der Waals surface area contributed by atoms with Gasteiger partial charge >= 0.3 is 12.0 Å². The van der Waals surface area contributed by atoms with Crippen molar-refractivity contribution in [1.29, 1.82) is 0 Å². The maximum atomic E-state index is 12.5. The molecular formula is C16H30N2O3. The van der Waals surface area contributed by atoms with Crippen LogP contribution in [-0.4, -0.2) is 40.1 Å². The predicted octanol–water partition coefficient (Wildman–Crippen LogP) is 3.24. The van der Waals surface area contributed by atoms with Crippen LogP contribution in [0.1, 0.15) is 66.7 Å². The molecule has 0 aromatic heterocycles. The Kier molecular flexibility index (Phi) is 5.65. The van der Waals surface area contributed by atoms with E-state index in [0.717, 1.165) is 25.7 Å². The third kappa shape index (κ3) is 6.36. The largest absolute Gasteiger partial charge is 0.481 e. The van der Waals surface area contributed by atoms with Gasteiger partial charge in [-0.05, 0) is 44.9 Å². The molecular weight excluding hydrogens is 268 g/mol. The Morgan fingerprint density at radius 2 is 1.81 bits per heavy atom. The van der Waals surface area contributed by atoms with E-state index < -0.39 is 5.97 Å². The number of nitrogens with one attached hydrogen (secondary N) is 1. The Balaban J connectivity index is 2.69. The molecule has 1 aliphatic rings. The lowest BCUT2D eigenvalue weighted by molar-refractivity contribution is -0.138. The SMILES string of the molecule is CC(C)(C)CC(C)(C)NC(=O)N1CCCCC1CC(=O)O. The topological polar surface area (TPSA) is 69.6 Å². The van der Waals surface area contributed by atoms with Gasteiger partial charge in [0.2, 0.25) is 0 Å². The lowest BCUT2D eigenvalue weighted by atomic mass is 9.82. The van der Waals surface area contributed by atoms with E-state index in [-0.39, 0.29) is 29.4 Å². The maximum absolute atomic E-state index is 12.5. The van der Waals surface area contributed by atoms with Gasteiger partial charge < -0.3 is 15.3 Å². The van der Waals surface area contributed by atoms with Crippen LogP contribution in [0.2, 0.25) is 0 Å². The summed E-state index contributed by atoms with van der Waals surface area (Å²) in [5.74, 6) is -0.839. The van der Waals surface area contributed by atoms with Gasteiger partial charge in [0.1, 0.15) is 0 Å². The van der Waals surface area contributed by atoms with Gasteiger partial charge in [-0.25, -0.2) is 4.79 Å². The molecule has 0 bridgehead atoms. The minimum Gasteiger partial charge on any atom is -0.481 e. The average Bonchev–Trinajstić information content (AvgIpc) is 2.24. The molecule has 0 aromatic rings. The summed E-state index contributed by atoms with van der Waals surface area (Å²) >= 11 is 0. The van der Waals surface area contributed by atoms with E-state index in [1.165, 1.54) is 0 Å². The Bertz CT molecular complexity index is 385. The Labute approximate surface area is 128 Å². The van der Waals surface area contributed by atoms with Crippen LogP contribution in [-0.2, 0) is 4.79 Å². The van der Waals surface area contributed by atoms with Gasteiger partial charge in [0.05, 0.1) is 6.42 Å². The second-order valence-corrected chi connectivity index (χ2v) is 7.99. The smallest absolute Gasteiger partial charge is 0.318 e. The van der Waals surface area contributed by atoms with Gasteiger partial charge in [0, 0.05) is 18.1 Å². The first-order valence-corrected chi connectivity index (χ1v) is 7.81. The van der Waals surface area contributed by atoms with Crippen LogP contribution < -0.4 is 5.32 Å². The second kappa shape index (κ2) is 6.67. The van der Waals surface area contributed by atoms with Gasteiger partial charge in [0.25, 0.3) is 0 Å². The summed E-state index contributed by atoms with van der Waals surface area (Å²) in [7, 11) is 0. The molecule has 122 valence electrons. The van der Waals surface area contributed by atoms with E-state index in [4.69, 9.17) is 5.11 Å². The molecule has 1 aliphatic heterocycles. The summed E-state index contributed by atoms with van der Waals surface area (Å²) in [6.07, 6.45) is 3.62. The number of carboxylic acid groups (broad SMARTS) is 1. The second-order valence-electron chi connectivity index (χ2n) is 7.99. The van der Waals surface area contributed by atoms with Gasteiger partial charge in [-0.3, -0.25) is 4.79 Å². The van der Waals surface area contributed by atoms with Crippen LogP contribution in [0.15, 0.2) is 0 Å². The molecule has 2 N–H and O–H groups in total. The van der Waals surface area contributed by atoms with E-state index in [9.17, 15) is 9.59 Å². The molecule has 0 spiro atoms. The number of nitrogens with zero attached hydrogens (tertiary/aromatic N) is 1. The monoisotopic (exact) mass is 298 g/mol. The summed E-state index contributed by atoms with van der Waals surface area (Å²) < 4.78 is 0. The number of amides is 2. The molecule has 5 heteroatoms. The number of piperidine rings is 1. The minimum atomic E-state index is -0.839. The normalized spacial score (nSPS) is 20.2.